The molecule has 0 fully saturated rings. The van der Waals surface area contributed by atoms with Crippen molar-refractivity contribution in [3.05, 3.63) is 17.3 Å². The second-order valence-electron chi connectivity index (χ2n) is 3.13. The van der Waals surface area contributed by atoms with Gasteiger partial charge >= 0.3 is 0 Å². The lowest BCUT2D eigenvalue weighted by Gasteiger charge is -1.98. The zero-order valence-electron chi connectivity index (χ0n) is 8.70. The maximum atomic E-state index is 11.4. The van der Waals surface area contributed by atoms with Crippen LogP contribution in [0.1, 0.15) is 31.2 Å². The Morgan fingerprint density at radius 1 is 1.36 bits per heavy atom. The molecule has 1 rings (SSSR count). The van der Waals surface area contributed by atoms with Crippen molar-refractivity contribution in [3.8, 4) is 0 Å². The standard InChI is InChI=1S/C9H15NO3S/c1-4-9-8(10-7(3)13-9)6-14(11,12)5-2/h4-6H2,1-3H3. The molecule has 0 N–H and O–H groups in total. The monoisotopic (exact) mass is 217 g/mol. The number of rotatable bonds is 4. The van der Waals surface area contributed by atoms with Crippen LogP contribution < -0.4 is 0 Å². The van der Waals surface area contributed by atoms with E-state index in [1.165, 1.54) is 0 Å². The van der Waals surface area contributed by atoms with Gasteiger partial charge in [0.05, 0.1) is 11.4 Å². The predicted octanol–water partition coefficient (Wildman–Crippen LogP) is 1.48. The summed E-state index contributed by atoms with van der Waals surface area (Å²) >= 11 is 0. The van der Waals surface area contributed by atoms with Crippen LogP contribution in [0.5, 0.6) is 0 Å². The summed E-state index contributed by atoms with van der Waals surface area (Å²) in [6, 6.07) is 0. The van der Waals surface area contributed by atoms with E-state index in [-0.39, 0.29) is 11.5 Å². The number of nitrogens with zero attached hydrogens (tertiary/aromatic N) is 1. The van der Waals surface area contributed by atoms with Gasteiger partial charge in [-0.2, -0.15) is 0 Å². The third-order valence-corrected chi connectivity index (χ3v) is 3.60. The van der Waals surface area contributed by atoms with Crippen molar-refractivity contribution in [2.24, 2.45) is 0 Å². The molecule has 0 amide bonds. The first-order valence-electron chi connectivity index (χ1n) is 4.64. The Morgan fingerprint density at radius 3 is 2.50 bits per heavy atom. The van der Waals surface area contributed by atoms with Gasteiger partial charge in [-0.3, -0.25) is 0 Å². The summed E-state index contributed by atoms with van der Waals surface area (Å²) in [6.07, 6.45) is 0.676. The van der Waals surface area contributed by atoms with Crippen LogP contribution in [-0.2, 0) is 22.0 Å². The minimum absolute atomic E-state index is 0.00991. The van der Waals surface area contributed by atoms with E-state index in [4.69, 9.17) is 4.42 Å². The van der Waals surface area contributed by atoms with Crippen LogP contribution in [0.3, 0.4) is 0 Å². The fourth-order valence-electron chi connectivity index (χ4n) is 1.21. The van der Waals surface area contributed by atoms with Crippen LogP contribution in [0, 0.1) is 6.92 Å². The van der Waals surface area contributed by atoms with Gasteiger partial charge in [-0.05, 0) is 0 Å². The van der Waals surface area contributed by atoms with Crippen LogP contribution in [0.2, 0.25) is 0 Å². The number of hydrogen-bond acceptors (Lipinski definition) is 4. The predicted molar refractivity (Wildman–Crippen MR) is 53.8 cm³/mol. The second-order valence-corrected chi connectivity index (χ2v) is 5.49. The van der Waals surface area contributed by atoms with Gasteiger partial charge in [-0.1, -0.05) is 13.8 Å². The van der Waals surface area contributed by atoms with Crippen LogP contribution >= 0.6 is 0 Å². The average molecular weight is 217 g/mol. The molecule has 5 heteroatoms. The Bertz CT molecular complexity index is 406. The zero-order valence-corrected chi connectivity index (χ0v) is 9.52. The summed E-state index contributed by atoms with van der Waals surface area (Å²) in [5.74, 6) is 1.34. The molecule has 0 aliphatic carbocycles. The first-order chi connectivity index (χ1) is 6.48. The molecular formula is C9H15NO3S. The molecule has 0 aliphatic rings. The Balaban J connectivity index is 2.96. The van der Waals surface area contributed by atoms with Crippen molar-refractivity contribution in [3.63, 3.8) is 0 Å². The van der Waals surface area contributed by atoms with Crippen LogP contribution in [0.15, 0.2) is 4.42 Å². The van der Waals surface area contributed by atoms with Crippen LogP contribution in [0.25, 0.3) is 0 Å². The van der Waals surface area contributed by atoms with Crippen molar-refractivity contribution in [1.82, 2.24) is 4.98 Å². The summed E-state index contributed by atoms with van der Waals surface area (Å²) in [4.78, 5) is 4.07. The van der Waals surface area contributed by atoms with E-state index < -0.39 is 9.84 Å². The molecule has 0 bridgehead atoms. The summed E-state index contributed by atoms with van der Waals surface area (Å²) in [7, 11) is -3.01. The second kappa shape index (κ2) is 4.13. The number of sulfone groups is 1. The Labute approximate surface area is 84.3 Å². The molecule has 0 radical (unpaired) electrons. The van der Waals surface area contributed by atoms with E-state index in [9.17, 15) is 8.42 Å². The molecule has 0 aliphatic heterocycles. The lowest BCUT2D eigenvalue weighted by atomic mass is 10.3. The zero-order chi connectivity index (χ0) is 10.8. The first kappa shape index (κ1) is 11.2. The Kier molecular flexibility index (Phi) is 3.31. The lowest BCUT2D eigenvalue weighted by Crippen LogP contribution is -2.08. The molecular weight excluding hydrogens is 202 g/mol. The Hall–Kier alpha value is -0.840. The van der Waals surface area contributed by atoms with Gasteiger partial charge in [0.25, 0.3) is 0 Å². The maximum absolute atomic E-state index is 11.4. The molecule has 1 aromatic rings. The fourth-order valence-corrected chi connectivity index (χ4v) is 2.06. The summed E-state index contributed by atoms with van der Waals surface area (Å²) in [5.41, 5.74) is 0.562. The number of hydrogen-bond donors (Lipinski definition) is 0. The molecule has 0 aromatic carbocycles. The minimum Gasteiger partial charge on any atom is -0.446 e. The van der Waals surface area contributed by atoms with Gasteiger partial charge < -0.3 is 4.42 Å². The largest absolute Gasteiger partial charge is 0.446 e. The molecule has 1 aromatic heterocycles. The van der Waals surface area contributed by atoms with E-state index in [2.05, 4.69) is 4.98 Å². The smallest absolute Gasteiger partial charge is 0.191 e. The van der Waals surface area contributed by atoms with E-state index >= 15 is 0 Å². The molecule has 0 saturated heterocycles. The van der Waals surface area contributed by atoms with Gasteiger partial charge in [0.15, 0.2) is 15.7 Å². The molecule has 14 heavy (non-hydrogen) atoms. The number of aromatic nitrogens is 1. The van der Waals surface area contributed by atoms with Gasteiger partial charge in [0, 0.05) is 19.1 Å². The molecule has 1 heterocycles. The van der Waals surface area contributed by atoms with Crippen LogP contribution in [0.4, 0.5) is 0 Å². The number of oxazole rings is 1. The van der Waals surface area contributed by atoms with Crippen molar-refractivity contribution >= 4 is 9.84 Å². The molecule has 0 saturated carbocycles. The summed E-state index contributed by atoms with van der Waals surface area (Å²) in [6.45, 7) is 5.27. The molecule has 80 valence electrons. The summed E-state index contributed by atoms with van der Waals surface area (Å²) < 4.78 is 28.0. The molecule has 0 spiro atoms. The lowest BCUT2D eigenvalue weighted by molar-refractivity contribution is 0.478. The third kappa shape index (κ3) is 2.57. The van der Waals surface area contributed by atoms with Gasteiger partial charge in [0.1, 0.15) is 5.76 Å². The maximum Gasteiger partial charge on any atom is 0.191 e. The highest BCUT2D eigenvalue weighted by atomic mass is 32.2. The van der Waals surface area contributed by atoms with Gasteiger partial charge in [-0.25, -0.2) is 13.4 Å². The highest BCUT2D eigenvalue weighted by Crippen LogP contribution is 2.14. The van der Waals surface area contributed by atoms with E-state index in [0.29, 0.717) is 23.8 Å². The molecule has 4 nitrogen and oxygen atoms in total. The average Bonchev–Trinajstić information content (AvgIpc) is 2.45. The van der Waals surface area contributed by atoms with Gasteiger partial charge in [0.2, 0.25) is 0 Å². The van der Waals surface area contributed by atoms with Crippen molar-refractivity contribution in [1.29, 1.82) is 0 Å². The van der Waals surface area contributed by atoms with Crippen molar-refractivity contribution < 1.29 is 12.8 Å². The topological polar surface area (TPSA) is 60.2 Å². The SMILES string of the molecule is CCc1oc(C)nc1CS(=O)(=O)CC. The van der Waals surface area contributed by atoms with Crippen molar-refractivity contribution in [2.75, 3.05) is 5.75 Å². The van der Waals surface area contributed by atoms with E-state index in [0.717, 1.165) is 0 Å². The number of aryl methyl sites for hydroxylation is 2. The fraction of sp³-hybridized carbons (Fsp3) is 0.667. The molecule has 0 atom stereocenters. The van der Waals surface area contributed by atoms with Gasteiger partial charge in [-0.15, -0.1) is 0 Å². The van der Waals surface area contributed by atoms with E-state index in [1.54, 1.807) is 13.8 Å². The first-order valence-corrected chi connectivity index (χ1v) is 6.46. The molecule has 0 unspecified atom stereocenters. The van der Waals surface area contributed by atoms with Crippen molar-refractivity contribution in [2.45, 2.75) is 32.9 Å². The normalized spacial score (nSPS) is 11.9. The highest BCUT2D eigenvalue weighted by molar-refractivity contribution is 7.90. The minimum atomic E-state index is -3.01. The quantitative estimate of drug-likeness (QED) is 0.766. The Morgan fingerprint density at radius 2 is 2.00 bits per heavy atom. The van der Waals surface area contributed by atoms with Crippen LogP contribution in [-0.4, -0.2) is 19.2 Å². The highest BCUT2D eigenvalue weighted by Gasteiger charge is 2.16. The van der Waals surface area contributed by atoms with E-state index in [1.807, 2.05) is 6.92 Å². The third-order valence-electron chi connectivity index (χ3n) is 2.00. The summed E-state index contributed by atoms with van der Waals surface area (Å²) in [5, 5.41) is 0.